The van der Waals surface area contributed by atoms with Gasteiger partial charge in [0.25, 0.3) is 5.56 Å². The number of thioether (sulfide) groups is 1. The average Bonchev–Trinajstić information content (AvgIpc) is 2.87. The number of ether oxygens (including phenoxy) is 1. The van der Waals surface area contributed by atoms with Crippen molar-refractivity contribution in [1.29, 1.82) is 0 Å². The largest absolute Gasteiger partial charge is 0.481 e. The lowest BCUT2D eigenvalue weighted by atomic mass is 9.84. The Morgan fingerprint density at radius 1 is 1.15 bits per heavy atom. The molecule has 3 aromatic rings. The highest BCUT2D eigenvalue weighted by atomic mass is 32.2. The van der Waals surface area contributed by atoms with Crippen LogP contribution in [-0.4, -0.2) is 49.3 Å². The van der Waals surface area contributed by atoms with Gasteiger partial charge < -0.3 is 15.4 Å². The minimum absolute atomic E-state index is 0.0350. The van der Waals surface area contributed by atoms with Gasteiger partial charge in [-0.1, -0.05) is 11.8 Å². The molecular weight excluding hydrogens is 454 g/mol. The lowest BCUT2D eigenvalue weighted by Gasteiger charge is -2.29. The molecule has 1 fully saturated rings. The van der Waals surface area contributed by atoms with E-state index in [-0.39, 0.29) is 11.5 Å². The van der Waals surface area contributed by atoms with Crippen molar-refractivity contribution in [3.05, 3.63) is 40.6 Å². The van der Waals surface area contributed by atoms with Crippen LogP contribution in [0.5, 0.6) is 5.88 Å². The van der Waals surface area contributed by atoms with Crippen LogP contribution in [-0.2, 0) is 17.9 Å². The smallest absolute Gasteiger partial charge is 0.270 e. The summed E-state index contributed by atoms with van der Waals surface area (Å²) < 4.78 is 6.93. The number of pyridine rings is 1. The lowest BCUT2D eigenvalue weighted by Crippen LogP contribution is -2.33. The zero-order valence-corrected chi connectivity index (χ0v) is 19.8. The molecule has 5 rings (SSSR count). The van der Waals surface area contributed by atoms with Crippen LogP contribution in [0.1, 0.15) is 37.8 Å². The Morgan fingerprint density at radius 3 is 2.82 bits per heavy atom. The summed E-state index contributed by atoms with van der Waals surface area (Å²) >= 11 is 1.42. The molecule has 0 spiro atoms. The summed E-state index contributed by atoms with van der Waals surface area (Å²) in [5.41, 5.74) is 1.96. The molecule has 1 aliphatic heterocycles. The predicted octanol–water partition coefficient (Wildman–Crippen LogP) is 2.37. The fourth-order valence-corrected chi connectivity index (χ4v) is 5.26. The number of hydrogen-bond acceptors (Lipinski definition) is 9. The Hall–Kier alpha value is -3.05. The molecule has 1 saturated carbocycles. The first-order chi connectivity index (χ1) is 16.6. The van der Waals surface area contributed by atoms with Crippen molar-refractivity contribution >= 4 is 34.7 Å². The first kappa shape index (κ1) is 22.7. The molecule has 34 heavy (non-hydrogen) atoms. The van der Waals surface area contributed by atoms with Crippen LogP contribution < -0.4 is 20.9 Å². The fraction of sp³-hybridized carbons (Fsp3) is 0.478. The third kappa shape index (κ3) is 5.05. The van der Waals surface area contributed by atoms with Crippen molar-refractivity contribution in [2.75, 3.05) is 18.2 Å². The molecular formula is C23H27N7O3S. The summed E-state index contributed by atoms with van der Waals surface area (Å²) in [6.07, 6.45) is 8.44. The number of hydrogen-bond donors (Lipinski definition) is 2. The highest BCUT2D eigenvalue weighted by molar-refractivity contribution is 8.00. The van der Waals surface area contributed by atoms with Gasteiger partial charge in [-0.15, -0.1) is 0 Å². The van der Waals surface area contributed by atoms with Gasteiger partial charge in [-0.05, 0) is 44.1 Å². The van der Waals surface area contributed by atoms with E-state index >= 15 is 0 Å². The summed E-state index contributed by atoms with van der Waals surface area (Å²) in [4.78, 5) is 41.7. The number of amides is 1. The molecule has 0 bridgehead atoms. The molecule has 2 N–H and O–H groups in total. The molecule has 11 heteroatoms. The lowest BCUT2D eigenvalue weighted by molar-refractivity contribution is -0.113. The highest BCUT2D eigenvalue weighted by Crippen LogP contribution is 2.29. The van der Waals surface area contributed by atoms with E-state index in [1.54, 1.807) is 23.9 Å². The normalized spacial score (nSPS) is 20.1. The Bertz CT molecular complexity index is 1260. The Kier molecular flexibility index (Phi) is 6.73. The Morgan fingerprint density at radius 2 is 2.00 bits per heavy atom. The molecule has 0 unspecified atom stereocenters. The molecule has 4 heterocycles. The third-order valence-corrected chi connectivity index (χ3v) is 7.42. The van der Waals surface area contributed by atoms with Crippen molar-refractivity contribution in [2.45, 2.75) is 56.3 Å². The van der Waals surface area contributed by atoms with E-state index in [0.29, 0.717) is 53.7 Å². The number of carbonyl (C=O) groups excluding carboxylic acids is 1. The van der Waals surface area contributed by atoms with Crippen molar-refractivity contribution in [3.63, 3.8) is 0 Å². The van der Waals surface area contributed by atoms with Crippen LogP contribution >= 0.6 is 11.8 Å². The maximum atomic E-state index is 12.5. The zero-order valence-electron chi connectivity index (χ0n) is 19.0. The van der Waals surface area contributed by atoms with Crippen LogP contribution in [0.4, 0.5) is 5.82 Å². The molecule has 10 nitrogen and oxygen atoms in total. The fourth-order valence-electron chi connectivity index (χ4n) is 4.56. The molecule has 1 amide bonds. The van der Waals surface area contributed by atoms with Gasteiger partial charge in [0.1, 0.15) is 10.5 Å². The van der Waals surface area contributed by atoms with Gasteiger partial charge in [0.2, 0.25) is 11.8 Å². The number of methoxy groups -OCH3 is 1. The van der Waals surface area contributed by atoms with E-state index in [1.165, 1.54) is 18.0 Å². The molecule has 0 atom stereocenters. The molecule has 3 aromatic heterocycles. The number of aryl methyl sites for hydroxylation is 1. The number of rotatable bonds is 7. The van der Waals surface area contributed by atoms with E-state index in [1.807, 2.05) is 6.07 Å². The molecule has 1 aliphatic carbocycles. The maximum absolute atomic E-state index is 12.5. The number of aromatic nitrogens is 5. The summed E-state index contributed by atoms with van der Waals surface area (Å²) in [7, 11) is 1.56. The first-order valence-electron chi connectivity index (χ1n) is 11.5. The van der Waals surface area contributed by atoms with E-state index in [9.17, 15) is 9.59 Å². The number of fused-ring (bicyclic) bond motifs is 2. The first-order valence-corrected chi connectivity index (χ1v) is 12.5. The summed E-state index contributed by atoms with van der Waals surface area (Å²) in [6.45, 7) is 1.25. The molecule has 178 valence electrons. The van der Waals surface area contributed by atoms with E-state index in [0.717, 1.165) is 42.8 Å². The number of carbonyl (C=O) groups is 1. The Labute approximate surface area is 201 Å². The highest BCUT2D eigenvalue weighted by Gasteiger charge is 2.22. The second-order valence-electron chi connectivity index (χ2n) is 8.68. The average molecular weight is 482 g/mol. The van der Waals surface area contributed by atoms with Gasteiger partial charge in [0.05, 0.1) is 31.0 Å². The number of nitrogens with one attached hydrogen (secondary N) is 2. The monoisotopic (exact) mass is 481 g/mol. The second kappa shape index (κ2) is 10.1. The second-order valence-corrected chi connectivity index (χ2v) is 9.65. The van der Waals surface area contributed by atoms with Crippen LogP contribution in [0, 0.1) is 5.92 Å². The topological polar surface area (TPSA) is 124 Å². The number of anilines is 1. The minimum Gasteiger partial charge on any atom is -0.481 e. The third-order valence-electron chi connectivity index (χ3n) is 6.44. The van der Waals surface area contributed by atoms with Gasteiger partial charge in [0.15, 0.2) is 11.5 Å². The number of nitrogens with zero attached hydrogens (tertiary/aromatic N) is 5. The van der Waals surface area contributed by atoms with Crippen molar-refractivity contribution in [1.82, 2.24) is 29.8 Å². The summed E-state index contributed by atoms with van der Waals surface area (Å²) in [5.74, 6) is 1.96. The minimum atomic E-state index is -0.135. The summed E-state index contributed by atoms with van der Waals surface area (Å²) in [6, 6.07) is 4.00. The maximum Gasteiger partial charge on any atom is 0.270 e. The van der Waals surface area contributed by atoms with Crippen molar-refractivity contribution in [3.8, 4) is 5.88 Å². The SMILES string of the molecule is COc1ccc2ncc(=O)n(CCC3CCC(NCc4cnc5c(n4)NC(=O)CS5)CC3)c2n1. The molecule has 0 aromatic carbocycles. The zero-order chi connectivity index (χ0) is 23.5. The predicted molar refractivity (Wildman–Crippen MR) is 129 cm³/mol. The quantitative estimate of drug-likeness (QED) is 0.523. The van der Waals surface area contributed by atoms with Gasteiger partial charge in [0, 0.05) is 25.2 Å². The van der Waals surface area contributed by atoms with Crippen LogP contribution in [0.3, 0.4) is 0 Å². The van der Waals surface area contributed by atoms with Crippen LogP contribution in [0.25, 0.3) is 11.2 Å². The van der Waals surface area contributed by atoms with Gasteiger partial charge in [-0.3, -0.25) is 14.2 Å². The Balaban J connectivity index is 1.13. The van der Waals surface area contributed by atoms with E-state index in [2.05, 4.69) is 30.6 Å². The van der Waals surface area contributed by atoms with Crippen LogP contribution in [0.2, 0.25) is 0 Å². The van der Waals surface area contributed by atoms with Crippen molar-refractivity contribution < 1.29 is 9.53 Å². The van der Waals surface area contributed by atoms with Crippen LogP contribution in [0.15, 0.2) is 34.3 Å². The molecule has 0 saturated heterocycles. The molecule has 0 radical (unpaired) electrons. The van der Waals surface area contributed by atoms with Gasteiger partial charge >= 0.3 is 0 Å². The van der Waals surface area contributed by atoms with Gasteiger partial charge in [-0.25, -0.2) is 15.0 Å². The standard InChI is InChI=1S/C23H27N7O3S/c1-33-19-7-6-17-22(29-19)30(20(32)12-25-17)9-8-14-2-4-15(5-3-14)24-10-16-11-26-23-21(27-16)28-18(31)13-34-23/h6-7,11-12,14-15,24H,2-5,8-10,13H2,1H3,(H,27,28,31). The van der Waals surface area contributed by atoms with Crippen molar-refractivity contribution in [2.24, 2.45) is 5.92 Å². The molecule has 2 aliphatic rings. The van der Waals surface area contributed by atoms with E-state index < -0.39 is 0 Å². The van der Waals surface area contributed by atoms with E-state index in [4.69, 9.17) is 4.74 Å². The summed E-state index contributed by atoms with van der Waals surface area (Å²) in [5, 5.41) is 7.16. The van der Waals surface area contributed by atoms with Gasteiger partial charge in [-0.2, -0.15) is 4.98 Å².